The highest BCUT2D eigenvalue weighted by Gasteiger charge is 2.07. The number of rotatable bonds is 5. The van der Waals surface area contributed by atoms with Gasteiger partial charge in [-0.3, -0.25) is 4.79 Å². The Labute approximate surface area is 123 Å². The van der Waals surface area contributed by atoms with E-state index in [9.17, 15) is 4.79 Å². The molecule has 0 aromatic heterocycles. The van der Waals surface area contributed by atoms with Crippen LogP contribution in [0.4, 0.5) is 0 Å². The number of aryl methyl sites for hydroxylation is 1. The Morgan fingerprint density at radius 3 is 2.60 bits per heavy atom. The Kier molecular flexibility index (Phi) is 4.64. The Morgan fingerprint density at radius 2 is 1.95 bits per heavy atom. The summed E-state index contributed by atoms with van der Waals surface area (Å²) in [6.45, 7) is 2.30. The Bertz CT molecular complexity index is 623. The molecule has 0 atom stereocenters. The van der Waals surface area contributed by atoms with Gasteiger partial charge in [0.15, 0.2) is 11.5 Å². The third-order valence-electron chi connectivity index (χ3n) is 2.92. The van der Waals surface area contributed by atoms with Gasteiger partial charge in [0.25, 0.3) is 0 Å². The van der Waals surface area contributed by atoms with Crippen molar-refractivity contribution in [2.75, 3.05) is 7.11 Å². The summed E-state index contributed by atoms with van der Waals surface area (Å²) in [6.07, 6.45) is 0.769. The van der Waals surface area contributed by atoms with Gasteiger partial charge in [0, 0.05) is 16.1 Å². The molecule has 0 aliphatic carbocycles. The lowest BCUT2D eigenvalue weighted by Gasteiger charge is -2.12. The van der Waals surface area contributed by atoms with Gasteiger partial charge in [0.1, 0.15) is 12.9 Å². The molecule has 0 amide bonds. The molecule has 0 N–H and O–H groups in total. The van der Waals surface area contributed by atoms with Gasteiger partial charge in [-0.25, -0.2) is 0 Å². The zero-order valence-corrected chi connectivity index (χ0v) is 12.1. The van der Waals surface area contributed by atoms with E-state index in [-0.39, 0.29) is 0 Å². The Hall–Kier alpha value is -2.00. The highest BCUT2D eigenvalue weighted by atomic mass is 35.5. The van der Waals surface area contributed by atoms with Crippen molar-refractivity contribution in [1.82, 2.24) is 0 Å². The van der Waals surface area contributed by atoms with Crippen LogP contribution in [0.25, 0.3) is 0 Å². The second-order valence-corrected chi connectivity index (χ2v) is 4.82. The topological polar surface area (TPSA) is 35.5 Å². The fraction of sp³-hybridized carbons (Fsp3) is 0.188. The molecule has 0 radical (unpaired) electrons. The molecule has 0 saturated carbocycles. The molecule has 0 aliphatic rings. The number of carbonyl (C=O) groups excluding carboxylic acids is 1. The van der Waals surface area contributed by atoms with E-state index in [1.54, 1.807) is 25.3 Å². The lowest BCUT2D eigenvalue weighted by molar-refractivity contribution is 0.112. The van der Waals surface area contributed by atoms with E-state index in [4.69, 9.17) is 21.1 Å². The second-order valence-electron chi connectivity index (χ2n) is 4.41. The average molecular weight is 291 g/mol. The first-order valence-electron chi connectivity index (χ1n) is 6.15. The molecule has 0 aliphatic heterocycles. The maximum Gasteiger partial charge on any atom is 0.162 e. The minimum absolute atomic E-state index is 0.317. The van der Waals surface area contributed by atoms with Crippen molar-refractivity contribution in [1.29, 1.82) is 0 Å². The fourth-order valence-electron chi connectivity index (χ4n) is 1.80. The van der Waals surface area contributed by atoms with Gasteiger partial charge in [-0.05, 0) is 36.8 Å². The normalized spacial score (nSPS) is 10.2. The van der Waals surface area contributed by atoms with Crippen molar-refractivity contribution in [3.05, 3.63) is 58.1 Å². The molecule has 0 saturated heterocycles. The van der Waals surface area contributed by atoms with Crippen LogP contribution in [0.5, 0.6) is 11.5 Å². The van der Waals surface area contributed by atoms with Crippen LogP contribution >= 0.6 is 11.6 Å². The van der Waals surface area contributed by atoms with Crippen LogP contribution in [0.15, 0.2) is 36.4 Å². The van der Waals surface area contributed by atoms with Crippen molar-refractivity contribution in [3.8, 4) is 11.5 Å². The first kappa shape index (κ1) is 14.4. The summed E-state index contributed by atoms with van der Waals surface area (Å²) in [4.78, 5) is 10.8. The minimum Gasteiger partial charge on any atom is -0.493 e. The fourth-order valence-corrected chi connectivity index (χ4v) is 2.09. The van der Waals surface area contributed by atoms with Crippen LogP contribution < -0.4 is 9.47 Å². The molecule has 104 valence electrons. The van der Waals surface area contributed by atoms with Gasteiger partial charge >= 0.3 is 0 Å². The molecule has 20 heavy (non-hydrogen) atoms. The van der Waals surface area contributed by atoms with E-state index < -0.39 is 0 Å². The standard InChI is InChI=1S/C16H15ClO3/c1-11-3-5-13(14(17)7-11)10-20-16-8-12(9-18)4-6-15(16)19-2/h3-9H,10H2,1-2H3. The molecular formula is C16H15ClO3. The van der Waals surface area contributed by atoms with Crippen molar-refractivity contribution >= 4 is 17.9 Å². The molecule has 0 bridgehead atoms. The Morgan fingerprint density at radius 1 is 1.15 bits per heavy atom. The summed E-state index contributed by atoms with van der Waals surface area (Å²) in [6, 6.07) is 10.8. The lowest BCUT2D eigenvalue weighted by Crippen LogP contribution is -1.99. The smallest absolute Gasteiger partial charge is 0.162 e. The van der Waals surface area contributed by atoms with Crippen LogP contribution in [0.1, 0.15) is 21.5 Å². The van der Waals surface area contributed by atoms with Crippen molar-refractivity contribution in [3.63, 3.8) is 0 Å². The molecule has 2 rings (SSSR count). The maximum atomic E-state index is 10.8. The number of carbonyl (C=O) groups is 1. The highest BCUT2D eigenvalue weighted by Crippen LogP contribution is 2.29. The number of benzene rings is 2. The van der Waals surface area contributed by atoms with Crippen molar-refractivity contribution in [2.24, 2.45) is 0 Å². The monoisotopic (exact) mass is 290 g/mol. The van der Waals surface area contributed by atoms with Crippen LogP contribution in [0, 0.1) is 6.92 Å². The molecule has 3 nitrogen and oxygen atoms in total. The SMILES string of the molecule is COc1ccc(C=O)cc1OCc1ccc(C)cc1Cl. The van der Waals surface area contributed by atoms with E-state index in [2.05, 4.69) is 0 Å². The Balaban J connectivity index is 2.19. The predicted molar refractivity (Wildman–Crippen MR) is 78.9 cm³/mol. The summed E-state index contributed by atoms with van der Waals surface area (Å²) < 4.78 is 10.9. The molecule has 0 unspecified atom stereocenters. The molecule has 2 aromatic carbocycles. The zero-order chi connectivity index (χ0) is 14.5. The van der Waals surface area contributed by atoms with E-state index in [0.29, 0.717) is 28.7 Å². The number of aldehydes is 1. The van der Waals surface area contributed by atoms with Crippen LogP contribution in [0.2, 0.25) is 5.02 Å². The minimum atomic E-state index is 0.317. The molecule has 0 spiro atoms. The van der Waals surface area contributed by atoms with Gasteiger partial charge < -0.3 is 9.47 Å². The van der Waals surface area contributed by atoms with Gasteiger partial charge in [0.2, 0.25) is 0 Å². The van der Waals surface area contributed by atoms with E-state index in [0.717, 1.165) is 17.4 Å². The lowest BCUT2D eigenvalue weighted by atomic mass is 10.1. The van der Waals surface area contributed by atoms with Gasteiger partial charge in [-0.15, -0.1) is 0 Å². The molecule has 0 heterocycles. The number of ether oxygens (including phenoxy) is 2. The number of hydrogen-bond acceptors (Lipinski definition) is 3. The van der Waals surface area contributed by atoms with Crippen LogP contribution in [0.3, 0.4) is 0 Å². The third-order valence-corrected chi connectivity index (χ3v) is 3.27. The van der Waals surface area contributed by atoms with Gasteiger partial charge in [-0.1, -0.05) is 23.7 Å². The number of methoxy groups -OCH3 is 1. The van der Waals surface area contributed by atoms with Crippen LogP contribution in [-0.2, 0) is 6.61 Å². The first-order valence-corrected chi connectivity index (χ1v) is 6.53. The molecule has 4 heteroatoms. The number of hydrogen-bond donors (Lipinski definition) is 0. The van der Waals surface area contributed by atoms with Gasteiger partial charge in [0.05, 0.1) is 7.11 Å². The average Bonchev–Trinajstić information content (AvgIpc) is 2.46. The largest absolute Gasteiger partial charge is 0.493 e. The summed E-state index contributed by atoms with van der Waals surface area (Å²) in [5.41, 5.74) is 2.52. The molecule has 0 fully saturated rings. The van der Waals surface area contributed by atoms with Gasteiger partial charge in [-0.2, -0.15) is 0 Å². The summed E-state index contributed by atoms with van der Waals surface area (Å²) in [5.74, 6) is 1.10. The van der Waals surface area contributed by atoms with E-state index in [1.165, 1.54) is 0 Å². The van der Waals surface area contributed by atoms with Crippen molar-refractivity contribution in [2.45, 2.75) is 13.5 Å². The summed E-state index contributed by atoms with van der Waals surface area (Å²) in [7, 11) is 1.56. The number of halogens is 1. The summed E-state index contributed by atoms with van der Waals surface area (Å²) in [5, 5.41) is 0.663. The third kappa shape index (κ3) is 3.31. The second kappa shape index (κ2) is 6.44. The zero-order valence-electron chi connectivity index (χ0n) is 11.4. The maximum absolute atomic E-state index is 10.8. The molecule has 2 aromatic rings. The first-order chi connectivity index (χ1) is 9.63. The predicted octanol–water partition coefficient (Wildman–Crippen LogP) is 4.05. The summed E-state index contributed by atoms with van der Waals surface area (Å²) >= 11 is 6.16. The van der Waals surface area contributed by atoms with E-state index >= 15 is 0 Å². The van der Waals surface area contributed by atoms with Crippen molar-refractivity contribution < 1.29 is 14.3 Å². The van der Waals surface area contributed by atoms with Crippen LogP contribution in [-0.4, -0.2) is 13.4 Å². The van der Waals surface area contributed by atoms with E-state index in [1.807, 2.05) is 25.1 Å². The molecular weight excluding hydrogens is 276 g/mol. The quantitative estimate of drug-likeness (QED) is 0.779. The highest BCUT2D eigenvalue weighted by molar-refractivity contribution is 6.31.